The number of hydrogen-bond donors (Lipinski definition) is 0. The first kappa shape index (κ1) is 21.0. The minimum absolute atomic E-state index is 0.646. The molecule has 5 rings (SSSR count). The Bertz CT molecular complexity index is 1200. The summed E-state index contributed by atoms with van der Waals surface area (Å²) in [6.45, 7) is 5.50. The van der Waals surface area contributed by atoms with Crippen LogP contribution in [0, 0.1) is 6.92 Å². The van der Waals surface area contributed by atoms with E-state index in [0.29, 0.717) is 13.1 Å². The summed E-state index contributed by atoms with van der Waals surface area (Å²) in [5, 5.41) is 5.40. The van der Waals surface area contributed by atoms with E-state index in [9.17, 15) is 0 Å². The number of aromatic nitrogens is 3. The lowest BCUT2D eigenvalue weighted by molar-refractivity contribution is 0.297. The van der Waals surface area contributed by atoms with E-state index in [1.807, 2.05) is 48.2 Å². The van der Waals surface area contributed by atoms with Crippen molar-refractivity contribution in [2.45, 2.75) is 20.0 Å². The fourth-order valence-electron chi connectivity index (χ4n) is 4.06. The molecule has 1 aliphatic heterocycles. The van der Waals surface area contributed by atoms with Gasteiger partial charge in [-0.2, -0.15) is 11.8 Å². The first-order chi connectivity index (χ1) is 15.7. The lowest BCUT2D eigenvalue weighted by Gasteiger charge is -2.29. The Morgan fingerprint density at radius 3 is 2.62 bits per heavy atom. The number of nitrogens with zero attached hydrogens (tertiary/aromatic N) is 5. The summed E-state index contributed by atoms with van der Waals surface area (Å²) in [7, 11) is 2.07. The zero-order valence-electron chi connectivity index (χ0n) is 18.5. The Morgan fingerprint density at radius 1 is 1.00 bits per heavy atom. The molecular formula is C25H27N5OS. The zero-order chi connectivity index (χ0) is 21.9. The molecule has 0 atom stereocenters. The van der Waals surface area contributed by atoms with Gasteiger partial charge in [0.25, 0.3) is 0 Å². The molecule has 0 unspecified atom stereocenters. The molecule has 0 saturated carbocycles. The van der Waals surface area contributed by atoms with E-state index in [4.69, 9.17) is 14.5 Å². The second-order valence-corrected chi connectivity index (χ2v) is 9.53. The molecule has 0 amide bonds. The van der Waals surface area contributed by atoms with E-state index in [1.165, 1.54) is 5.56 Å². The molecule has 32 heavy (non-hydrogen) atoms. The average molecular weight is 446 g/mol. The molecule has 0 N–H and O–H groups in total. The average Bonchev–Trinajstić information content (AvgIpc) is 3.28. The van der Waals surface area contributed by atoms with Crippen LogP contribution < -0.4 is 4.90 Å². The van der Waals surface area contributed by atoms with Gasteiger partial charge in [-0.3, -0.25) is 4.90 Å². The third-order valence-corrected chi connectivity index (χ3v) is 6.59. The van der Waals surface area contributed by atoms with Crippen LogP contribution in [-0.4, -0.2) is 51.7 Å². The van der Waals surface area contributed by atoms with Gasteiger partial charge in [-0.15, -0.1) is 0 Å². The monoisotopic (exact) mass is 445 g/mol. The Morgan fingerprint density at radius 2 is 1.81 bits per heavy atom. The lowest BCUT2D eigenvalue weighted by Crippen LogP contribution is -2.33. The van der Waals surface area contributed by atoms with E-state index >= 15 is 0 Å². The molecule has 1 fully saturated rings. The molecule has 7 heteroatoms. The number of rotatable bonds is 6. The van der Waals surface area contributed by atoms with E-state index in [-0.39, 0.29) is 0 Å². The van der Waals surface area contributed by atoms with Gasteiger partial charge in [-0.25, -0.2) is 9.97 Å². The van der Waals surface area contributed by atoms with Gasteiger partial charge >= 0.3 is 0 Å². The Balaban J connectivity index is 1.36. The van der Waals surface area contributed by atoms with Crippen molar-refractivity contribution in [2.24, 2.45) is 0 Å². The number of anilines is 1. The third-order valence-electron chi connectivity index (χ3n) is 5.65. The maximum atomic E-state index is 5.55. The lowest BCUT2D eigenvalue weighted by atomic mass is 10.1. The highest BCUT2D eigenvalue weighted by Crippen LogP contribution is 2.28. The smallest absolute Gasteiger partial charge is 0.167 e. The summed E-state index contributed by atoms with van der Waals surface area (Å²) in [5.74, 6) is 4.97. The highest BCUT2D eigenvalue weighted by atomic mass is 32.2. The highest BCUT2D eigenvalue weighted by Gasteiger charge is 2.18. The van der Waals surface area contributed by atoms with Crippen LogP contribution in [0.5, 0.6) is 0 Å². The topological polar surface area (TPSA) is 58.3 Å². The molecule has 6 nitrogen and oxygen atoms in total. The maximum absolute atomic E-state index is 5.55. The molecule has 2 aromatic heterocycles. The predicted molar refractivity (Wildman–Crippen MR) is 131 cm³/mol. The van der Waals surface area contributed by atoms with Crippen LogP contribution in [0.4, 0.5) is 5.82 Å². The Labute approximate surface area is 192 Å². The number of aryl methyl sites for hydroxylation is 1. The van der Waals surface area contributed by atoms with Gasteiger partial charge in [0.2, 0.25) is 0 Å². The highest BCUT2D eigenvalue weighted by molar-refractivity contribution is 7.99. The largest absolute Gasteiger partial charge is 0.356 e. The summed E-state index contributed by atoms with van der Waals surface area (Å²) in [6, 6.07) is 18.5. The van der Waals surface area contributed by atoms with Crippen LogP contribution in [0.25, 0.3) is 22.2 Å². The second kappa shape index (κ2) is 9.30. The summed E-state index contributed by atoms with van der Waals surface area (Å²) in [5.41, 5.74) is 4.18. The van der Waals surface area contributed by atoms with Crippen molar-refractivity contribution in [1.82, 2.24) is 20.0 Å². The maximum Gasteiger partial charge on any atom is 0.167 e. The normalized spacial score (nSPS) is 14.4. The van der Waals surface area contributed by atoms with Gasteiger partial charge in [0.15, 0.2) is 5.76 Å². The van der Waals surface area contributed by atoms with Gasteiger partial charge in [-0.1, -0.05) is 47.1 Å². The molecule has 3 heterocycles. The van der Waals surface area contributed by atoms with Crippen LogP contribution in [0.2, 0.25) is 0 Å². The van der Waals surface area contributed by atoms with Crippen LogP contribution in [-0.2, 0) is 13.1 Å². The summed E-state index contributed by atoms with van der Waals surface area (Å²) in [4.78, 5) is 14.5. The van der Waals surface area contributed by atoms with Crippen molar-refractivity contribution in [3.05, 3.63) is 71.7 Å². The SMILES string of the molecule is Cc1ccc2nc(CN(C)Cc3cc(-c4ccccc4)on3)nc(N3CCSCC3)c2c1. The standard InChI is InChI=1S/C25H27N5OS/c1-18-8-9-22-21(14-18)25(30-10-12-32-13-11-30)27-24(26-22)17-29(2)16-20-15-23(31-28-20)19-6-4-3-5-7-19/h3-9,14-15H,10-13,16-17H2,1-2H3. The van der Waals surface area contributed by atoms with Gasteiger partial charge < -0.3 is 9.42 Å². The van der Waals surface area contributed by atoms with Gasteiger partial charge in [0, 0.05) is 48.2 Å². The minimum atomic E-state index is 0.646. The van der Waals surface area contributed by atoms with Crippen LogP contribution in [0.1, 0.15) is 17.1 Å². The molecular weight excluding hydrogens is 418 g/mol. The quantitative estimate of drug-likeness (QED) is 0.423. The number of fused-ring (bicyclic) bond motifs is 1. The van der Waals surface area contributed by atoms with Crippen LogP contribution in [0.15, 0.2) is 59.1 Å². The van der Waals surface area contributed by atoms with Crippen molar-refractivity contribution in [3.8, 4) is 11.3 Å². The first-order valence-electron chi connectivity index (χ1n) is 11.0. The van der Waals surface area contributed by atoms with Crippen molar-refractivity contribution >= 4 is 28.5 Å². The molecule has 0 radical (unpaired) electrons. The molecule has 0 spiro atoms. The molecule has 1 saturated heterocycles. The molecule has 1 aliphatic rings. The number of thioether (sulfide) groups is 1. The Kier molecular flexibility index (Phi) is 6.10. The molecule has 0 bridgehead atoms. The molecule has 2 aromatic carbocycles. The summed E-state index contributed by atoms with van der Waals surface area (Å²) in [6.07, 6.45) is 0. The van der Waals surface area contributed by atoms with Crippen molar-refractivity contribution < 1.29 is 4.52 Å². The van der Waals surface area contributed by atoms with Crippen LogP contribution >= 0.6 is 11.8 Å². The number of benzene rings is 2. The van der Waals surface area contributed by atoms with Crippen molar-refractivity contribution in [1.29, 1.82) is 0 Å². The zero-order valence-corrected chi connectivity index (χ0v) is 19.3. The van der Waals surface area contributed by atoms with E-state index < -0.39 is 0 Å². The van der Waals surface area contributed by atoms with E-state index in [1.54, 1.807) is 0 Å². The Hall–Kier alpha value is -2.90. The van der Waals surface area contributed by atoms with Gasteiger partial charge in [0.05, 0.1) is 17.8 Å². The molecule has 164 valence electrons. The van der Waals surface area contributed by atoms with E-state index in [2.05, 4.69) is 47.1 Å². The first-order valence-corrected chi connectivity index (χ1v) is 12.1. The summed E-state index contributed by atoms with van der Waals surface area (Å²) < 4.78 is 5.55. The second-order valence-electron chi connectivity index (χ2n) is 8.30. The molecule has 4 aromatic rings. The number of hydrogen-bond acceptors (Lipinski definition) is 7. The van der Waals surface area contributed by atoms with Gasteiger partial charge in [-0.05, 0) is 26.1 Å². The summed E-state index contributed by atoms with van der Waals surface area (Å²) >= 11 is 2.01. The minimum Gasteiger partial charge on any atom is -0.356 e. The predicted octanol–water partition coefficient (Wildman–Crippen LogP) is 4.78. The van der Waals surface area contributed by atoms with Crippen molar-refractivity contribution in [3.63, 3.8) is 0 Å². The van der Waals surface area contributed by atoms with E-state index in [0.717, 1.165) is 64.2 Å². The van der Waals surface area contributed by atoms with Gasteiger partial charge in [0.1, 0.15) is 11.6 Å². The van der Waals surface area contributed by atoms with Crippen LogP contribution in [0.3, 0.4) is 0 Å². The third kappa shape index (κ3) is 4.64. The van der Waals surface area contributed by atoms with Crippen molar-refractivity contribution in [2.75, 3.05) is 36.5 Å². The fourth-order valence-corrected chi connectivity index (χ4v) is 4.96. The fraction of sp³-hybridized carbons (Fsp3) is 0.320. The molecule has 0 aliphatic carbocycles.